The van der Waals surface area contributed by atoms with Gasteiger partial charge in [0.25, 0.3) is 0 Å². The first-order chi connectivity index (χ1) is 7.25. The average molecular weight is 216 g/mol. The van der Waals surface area contributed by atoms with Crippen LogP contribution in [-0.2, 0) is 9.47 Å². The molecule has 90 valence electrons. The molecule has 0 radical (unpaired) electrons. The van der Waals surface area contributed by atoms with E-state index in [0.717, 1.165) is 26.2 Å². The molecule has 15 heavy (non-hydrogen) atoms. The van der Waals surface area contributed by atoms with Crippen LogP contribution in [0.25, 0.3) is 0 Å². The van der Waals surface area contributed by atoms with Gasteiger partial charge < -0.3 is 14.8 Å². The summed E-state index contributed by atoms with van der Waals surface area (Å²) in [4.78, 5) is 2.50. The maximum Gasteiger partial charge on any atom is 0.0700 e. The summed E-state index contributed by atoms with van der Waals surface area (Å²) in [7, 11) is 1.70. The smallest absolute Gasteiger partial charge is 0.0700 e. The lowest BCUT2D eigenvalue weighted by molar-refractivity contribution is 0.0339. The Labute approximate surface area is 92.9 Å². The molecule has 4 heteroatoms. The second kappa shape index (κ2) is 7.17. The normalized spacial score (nSPS) is 28.2. The van der Waals surface area contributed by atoms with Crippen molar-refractivity contribution in [1.29, 1.82) is 0 Å². The lowest BCUT2D eigenvalue weighted by atomic mass is 10.1. The van der Waals surface area contributed by atoms with Gasteiger partial charge in [-0.2, -0.15) is 0 Å². The van der Waals surface area contributed by atoms with Crippen LogP contribution in [0.5, 0.6) is 0 Å². The highest BCUT2D eigenvalue weighted by Crippen LogP contribution is 2.08. The van der Waals surface area contributed by atoms with Crippen LogP contribution in [0.15, 0.2) is 0 Å². The zero-order chi connectivity index (χ0) is 11.1. The van der Waals surface area contributed by atoms with Gasteiger partial charge in [-0.25, -0.2) is 0 Å². The predicted molar refractivity (Wildman–Crippen MR) is 61.2 cm³/mol. The van der Waals surface area contributed by atoms with Gasteiger partial charge in [0.1, 0.15) is 0 Å². The van der Waals surface area contributed by atoms with Crippen molar-refractivity contribution >= 4 is 0 Å². The number of nitrogens with zero attached hydrogens (tertiary/aromatic N) is 1. The van der Waals surface area contributed by atoms with Crippen LogP contribution in [0.2, 0.25) is 0 Å². The van der Waals surface area contributed by atoms with E-state index >= 15 is 0 Å². The number of rotatable bonds is 6. The SMILES string of the molecule is COCCOCCN1C(C)CNCC1C. The third-order valence-electron chi connectivity index (χ3n) is 2.94. The molecule has 1 N–H and O–H groups in total. The van der Waals surface area contributed by atoms with Gasteiger partial charge in [-0.1, -0.05) is 0 Å². The average Bonchev–Trinajstić information content (AvgIpc) is 2.21. The van der Waals surface area contributed by atoms with Crippen molar-refractivity contribution in [3.8, 4) is 0 Å². The van der Waals surface area contributed by atoms with E-state index in [0.29, 0.717) is 25.3 Å². The Morgan fingerprint density at radius 3 is 2.40 bits per heavy atom. The highest BCUT2D eigenvalue weighted by Gasteiger charge is 2.23. The minimum atomic E-state index is 0.611. The number of hydrogen-bond acceptors (Lipinski definition) is 4. The predicted octanol–water partition coefficient (Wildman–Crippen LogP) is 0.332. The molecule has 4 nitrogen and oxygen atoms in total. The highest BCUT2D eigenvalue weighted by molar-refractivity contribution is 4.81. The minimum Gasteiger partial charge on any atom is -0.382 e. The van der Waals surface area contributed by atoms with Crippen molar-refractivity contribution in [2.24, 2.45) is 0 Å². The monoisotopic (exact) mass is 216 g/mol. The Bertz CT molecular complexity index is 157. The molecule has 0 bridgehead atoms. The van der Waals surface area contributed by atoms with Crippen LogP contribution in [0.3, 0.4) is 0 Å². The third kappa shape index (κ3) is 4.47. The molecule has 1 heterocycles. The molecule has 0 spiro atoms. The summed E-state index contributed by atoms with van der Waals surface area (Å²) >= 11 is 0. The highest BCUT2D eigenvalue weighted by atomic mass is 16.5. The van der Waals surface area contributed by atoms with Crippen molar-refractivity contribution < 1.29 is 9.47 Å². The van der Waals surface area contributed by atoms with E-state index in [1.807, 2.05) is 0 Å². The molecule has 1 aliphatic rings. The topological polar surface area (TPSA) is 33.7 Å². The summed E-state index contributed by atoms with van der Waals surface area (Å²) in [5.41, 5.74) is 0. The molecule has 1 fully saturated rings. The Morgan fingerprint density at radius 1 is 1.13 bits per heavy atom. The summed E-state index contributed by atoms with van der Waals surface area (Å²) in [6.07, 6.45) is 0. The third-order valence-corrected chi connectivity index (χ3v) is 2.94. The molecule has 2 unspecified atom stereocenters. The molecule has 0 aliphatic carbocycles. The van der Waals surface area contributed by atoms with Gasteiger partial charge in [0, 0.05) is 38.8 Å². The Balaban J connectivity index is 2.12. The van der Waals surface area contributed by atoms with Crippen molar-refractivity contribution in [3.05, 3.63) is 0 Å². The molecule has 1 rings (SSSR count). The van der Waals surface area contributed by atoms with E-state index in [-0.39, 0.29) is 0 Å². The molecule has 2 atom stereocenters. The Morgan fingerprint density at radius 2 is 1.80 bits per heavy atom. The van der Waals surface area contributed by atoms with E-state index in [4.69, 9.17) is 9.47 Å². The number of piperazine rings is 1. The second-order valence-electron chi connectivity index (χ2n) is 4.20. The molecule has 0 aromatic heterocycles. The van der Waals surface area contributed by atoms with Gasteiger partial charge in [0.05, 0.1) is 19.8 Å². The van der Waals surface area contributed by atoms with Crippen molar-refractivity contribution in [3.63, 3.8) is 0 Å². The lowest BCUT2D eigenvalue weighted by Gasteiger charge is -2.39. The molecular formula is C11H24N2O2. The standard InChI is InChI=1S/C11H24N2O2/c1-10-8-12-9-11(2)13(10)4-5-15-7-6-14-3/h10-12H,4-9H2,1-3H3. The fraction of sp³-hybridized carbons (Fsp3) is 1.00. The first-order valence-electron chi connectivity index (χ1n) is 5.79. The number of ether oxygens (including phenoxy) is 2. The maximum absolute atomic E-state index is 5.49. The molecule has 1 saturated heterocycles. The Kier molecular flexibility index (Phi) is 6.17. The van der Waals surface area contributed by atoms with Crippen LogP contribution in [0, 0.1) is 0 Å². The van der Waals surface area contributed by atoms with Crippen molar-refractivity contribution in [2.75, 3.05) is 46.6 Å². The summed E-state index contributed by atoms with van der Waals surface area (Å²) in [5.74, 6) is 0. The van der Waals surface area contributed by atoms with Gasteiger partial charge in [0.15, 0.2) is 0 Å². The largest absolute Gasteiger partial charge is 0.382 e. The summed E-state index contributed by atoms with van der Waals surface area (Å²) in [6.45, 7) is 9.91. The maximum atomic E-state index is 5.49. The van der Waals surface area contributed by atoms with Gasteiger partial charge >= 0.3 is 0 Å². The van der Waals surface area contributed by atoms with Crippen LogP contribution in [0.4, 0.5) is 0 Å². The van der Waals surface area contributed by atoms with Gasteiger partial charge in [-0.05, 0) is 13.8 Å². The summed E-state index contributed by atoms with van der Waals surface area (Å²) in [5, 5.41) is 3.42. The number of hydrogen-bond donors (Lipinski definition) is 1. The second-order valence-corrected chi connectivity index (χ2v) is 4.20. The quantitative estimate of drug-likeness (QED) is 0.649. The van der Waals surface area contributed by atoms with Crippen molar-refractivity contribution in [1.82, 2.24) is 10.2 Å². The van der Waals surface area contributed by atoms with Crippen LogP contribution < -0.4 is 5.32 Å². The molecule has 0 amide bonds. The summed E-state index contributed by atoms with van der Waals surface area (Å²) in [6, 6.07) is 1.22. The molecule has 1 aliphatic heterocycles. The van der Waals surface area contributed by atoms with Gasteiger partial charge in [0.2, 0.25) is 0 Å². The van der Waals surface area contributed by atoms with Gasteiger partial charge in [-0.3, -0.25) is 4.90 Å². The van der Waals surface area contributed by atoms with Crippen LogP contribution in [0.1, 0.15) is 13.8 Å². The molecule has 0 aromatic carbocycles. The lowest BCUT2D eigenvalue weighted by Crippen LogP contribution is -2.55. The van der Waals surface area contributed by atoms with E-state index in [1.165, 1.54) is 0 Å². The van der Waals surface area contributed by atoms with E-state index in [1.54, 1.807) is 7.11 Å². The fourth-order valence-electron chi connectivity index (χ4n) is 2.03. The van der Waals surface area contributed by atoms with Gasteiger partial charge in [-0.15, -0.1) is 0 Å². The number of nitrogens with one attached hydrogen (secondary N) is 1. The van der Waals surface area contributed by atoms with Crippen LogP contribution >= 0.6 is 0 Å². The number of methoxy groups -OCH3 is 1. The van der Waals surface area contributed by atoms with E-state index in [2.05, 4.69) is 24.1 Å². The zero-order valence-corrected chi connectivity index (χ0v) is 10.2. The van der Waals surface area contributed by atoms with Crippen LogP contribution in [-0.4, -0.2) is 63.5 Å². The van der Waals surface area contributed by atoms with E-state index < -0.39 is 0 Å². The van der Waals surface area contributed by atoms with E-state index in [9.17, 15) is 0 Å². The molecule has 0 saturated carbocycles. The Hall–Kier alpha value is -0.160. The molecule has 0 aromatic rings. The first-order valence-corrected chi connectivity index (χ1v) is 5.79. The van der Waals surface area contributed by atoms with Crippen molar-refractivity contribution in [2.45, 2.75) is 25.9 Å². The first kappa shape index (κ1) is 12.9. The minimum absolute atomic E-state index is 0.611. The molecular weight excluding hydrogens is 192 g/mol. The zero-order valence-electron chi connectivity index (χ0n) is 10.2. The fourth-order valence-corrected chi connectivity index (χ4v) is 2.03. The summed E-state index contributed by atoms with van der Waals surface area (Å²) < 4.78 is 10.4.